The average Bonchev–Trinajstić information content (AvgIpc) is 2.17. The molecule has 0 fully saturated rings. The predicted molar refractivity (Wildman–Crippen MR) is 33.9 cm³/mol. The van der Waals surface area contributed by atoms with Crippen LogP contribution in [0.3, 0.4) is 0 Å². The molecule has 5 heteroatoms. The van der Waals surface area contributed by atoms with Gasteiger partial charge in [-0.25, -0.2) is 4.79 Å². The van der Waals surface area contributed by atoms with Crippen molar-refractivity contribution in [1.82, 2.24) is 0 Å². The Morgan fingerprint density at radius 3 is 2.27 bits per heavy atom. The molecule has 1 unspecified atom stereocenters. The standard InChI is InChI=1S/C6H8O5/c1-6(2-7)4(9)3(8)5(10)11-6/h7-9H,2H2,1H3. The molecule has 3 N–H and O–H groups in total. The van der Waals surface area contributed by atoms with Crippen LogP contribution in [0.15, 0.2) is 11.5 Å². The summed E-state index contributed by atoms with van der Waals surface area (Å²) in [5, 5.41) is 26.4. The summed E-state index contributed by atoms with van der Waals surface area (Å²) in [6.07, 6.45) is 0. The number of rotatable bonds is 1. The highest BCUT2D eigenvalue weighted by Crippen LogP contribution is 2.28. The third-order valence-electron chi connectivity index (χ3n) is 1.54. The summed E-state index contributed by atoms with van der Waals surface area (Å²) in [5.41, 5.74) is -1.47. The number of hydrogen-bond acceptors (Lipinski definition) is 5. The Balaban J connectivity index is 3.03. The molecule has 11 heavy (non-hydrogen) atoms. The van der Waals surface area contributed by atoms with Crippen molar-refractivity contribution < 1.29 is 24.9 Å². The lowest BCUT2D eigenvalue weighted by atomic mass is 10.1. The Bertz CT molecular complexity index is 231. The highest BCUT2D eigenvalue weighted by atomic mass is 16.6. The van der Waals surface area contributed by atoms with Gasteiger partial charge in [-0.3, -0.25) is 0 Å². The van der Waals surface area contributed by atoms with Gasteiger partial charge in [0.2, 0.25) is 5.76 Å². The van der Waals surface area contributed by atoms with Crippen molar-refractivity contribution in [3.8, 4) is 0 Å². The SMILES string of the molecule is CC1(CO)OC(=O)C(O)=C1O. The number of aliphatic hydroxyl groups is 3. The van der Waals surface area contributed by atoms with Crippen LogP contribution < -0.4 is 0 Å². The number of hydrogen-bond donors (Lipinski definition) is 3. The van der Waals surface area contributed by atoms with E-state index in [0.717, 1.165) is 0 Å². The zero-order valence-electron chi connectivity index (χ0n) is 5.87. The minimum Gasteiger partial charge on any atom is -0.505 e. The van der Waals surface area contributed by atoms with Crippen LogP contribution in [0, 0.1) is 0 Å². The molecule has 0 bridgehead atoms. The second kappa shape index (κ2) is 2.13. The molecular weight excluding hydrogens is 152 g/mol. The van der Waals surface area contributed by atoms with Crippen LogP contribution in [0.2, 0.25) is 0 Å². The molecule has 0 aromatic carbocycles. The predicted octanol–water partition coefficient (Wildman–Crippen LogP) is -0.378. The highest BCUT2D eigenvalue weighted by molar-refractivity contribution is 5.89. The molecule has 0 spiro atoms. The van der Waals surface area contributed by atoms with Gasteiger partial charge in [0.05, 0.1) is 6.61 Å². The summed E-state index contributed by atoms with van der Waals surface area (Å²) >= 11 is 0. The second-order valence-corrected chi connectivity index (χ2v) is 2.48. The van der Waals surface area contributed by atoms with Crippen LogP contribution in [0.4, 0.5) is 0 Å². The number of aliphatic hydroxyl groups excluding tert-OH is 3. The smallest absolute Gasteiger partial charge is 0.378 e. The minimum atomic E-state index is -1.47. The topological polar surface area (TPSA) is 87.0 Å². The van der Waals surface area contributed by atoms with E-state index in [2.05, 4.69) is 4.74 Å². The summed E-state index contributed by atoms with van der Waals surface area (Å²) in [4.78, 5) is 10.6. The Labute approximate surface area is 62.5 Å². The first-order chi connectivity index (χ1) is 5.01. The maximum Gasteiger partial charge on any atom is 0.378 e. The van der Waals surface area contributed by atoms with Gasteiger partial charge in [0.1, 0.15) is 0 Å². The van der Waals surface area contributed by atoms with E-state index in [1.165, 1.54) is 6.92 Å². The maximum absolute atomic E-state index is 10.6. The fourth-order valence-corrected chi connectivity index (χ4v) is 0.756. The van der Waals surface area contributed by atoms with Crippen molar-refractivity contribution >= 4 is 5.97 Å². The lowest BCUT2D eigenvalue weighted by Crippen LogP contribution is -2.32. The van der Waals surface area contributed by atoms with Gasteiger partial charge in [0, 0.05) is 0 Å². The van der Waals surface area contributed by atoms with E-state index in [1.807, 2.05) is 0 Å². The van der Waals surface area contributed by atoms with E-state index in [1.54, 1.807) is 0 Å². The molecule has 0 amide bonds. The third-order valence-corrected chi connectivity index (χ3v) is 1.54. The van der Waals surface area contributed by atoms with Gasteiger partial charge in [0.15, 0.2) is 11.4 Å². The molecule has 0 saturated carbocycles. The number of ether oxygens (including phenoxy) is 1. The van der Waals surface area contributed by atoms with E-state index in [0.29, 0.717) is 0 Å². The van der Waals surface area contributed by atoms with Gasteiger partial charge in [-0.1, -0.05) is 0 Å². The molecule has 0 aromatic heterocycles. The van der Waals surface area contributed by atoms with Crippen molar-refractivity contribution in [1.29, 1.82) is 0 Å². The lowest BCUT2D eigenvalue weighted by molar-refractivity contribution is -0.151. The third kappa shape index (κ3) is 0.932. The first-order valence-corrected chi connectivity index (χ1v) is 2.98. The molecule has 1 aliphatic heterocycles. The van der Waals surface area contributed by atoms with Crippen molar-refractivity contribution in [3.63, 3.8) is 0 Å². The van der Waals surface area contributed by atoms with Gasteiger partial charge in [-0.05, 0) is 6.92 Å². The average molecular weight is 160 g/mol. The Morgan fingerprint density at radius 2 is 2.09 bits per heavy atom. The number of cyclic esters (lactones) is 1. The Kier molecular flexibility index (Phi) is 1.52. The Morgan fingerprint density at radius 1 is 1.55 bits per heavy atom. The van der Waals surface area contributed by atoms with Crippen LogP contribution >= 0.6 is 0 Å². The van der Waals surface area contributed by atoms with Crippen molar-refractivity contribution in [3.05, 3.63) is 11.5 Å². The molecule has 0 radical (unpaired) electrons. The summed E-state index contributed by atoms with van der Waals surface area (Å²) < 4.78 is 4.46. The molecule has 1 aliphatic rings. The van der Waals surface area contributed by atoms with Gasteiger partial charge in [-0.2, -0.15) is 0 Å². The zero-order valence-corrected chi connectivity index (χ0v) is 5.87. The van der Waals surface area contributed by atoms with E-state index < -0.39 is 29.7 Å². The first kappa shape index (κ1) is 7.87. The normalized spacial score (nSPS) is 30.9. The quantitative estimate of drug-likeness (QED) is 0.455. The molecular formula is C6H8O5. The van der Waals surface area contributed by atoms with Crippen molar-refractivity contribution in [2.24, 2.45) is 0 Å². The fraction of sp³-hybridized carbons (Fsp3) is 0.500. The maximum atomic E-state index is 10.6. The summed E-state index contributed by atoms with van der Waals surface area (Å²) in [5.74, 6) is -2.47. The number of carbonyl (C=O) groups is 1. The van der Waals surface area contributed by atoms with Gasteiger partial charge in [-0.15, -0.1) is 0 Å². The van der Waals surface area contributed by atoms with Crippen LogP contribution in [-0.4, -0.2) is 33.5 Å². The lowest BCUT2D eigenvalue weighted by Gasteiger charge is -2.18. The van der Waals surface area contributed by atoms with E-state index >= 15 is 0 Å². The van der Waals surface area contributed by atoms with E-state index in [9.17, 15) is 4.79 Å². The van der Waals surface area contributed by atoms with Crippen LogP contribution in [0.5, 0.6) is 0 Å². The zero-order chi connectivity index (χ0) is 8.65. The van der Waals surface area contributed by atoms with Crippen LogP contribution in [0.25, 0.3) is 0 Å². The fourth-order valence-electron chi connectivity index (χ4n) is 0.756. The molecule has 0 aromatic rings. The van der Waals surface area contributed by atoms with Gasteiger partial charge in [0.25, 0.3) is 0 Å². The molecule has 1 heterocycles. The minimum absolute atomic E-state index is 0.561. The second-order valence-electron chi connectivity index (χ2n) is 2.48. The molecule has 5 nitrogen and oxygen atoms in total. The van der Waals surface area contributed by atoms with E-state index in [4.69, 9.17) is 15.3 Å². The largest absolute Gasteiger partial charge is 0.505 e. The van der Waals surface area contributed by atoms with E-state index in [-0.39, 0.29) is 0 Å². The van der Waals surface area contributed by atoms with Gasteiger partial charge >= 0.3 is 5.97 Å². The highest BCUT2D eigenvalue weighted by Gasteiger charge is 2.44. The monoisotopic (exact) mass is 160 g/mol. The molecule has 62 valence electrons. The number of carbonyl (C=O) groups excluding carboxylic acids is 1. The van der Waals surface area contributed by atoms with Crippen LogP contribution in [-0.2, 0) is 9.53 Å². The summed E-state index contributed by atoms with van der Waals surface area (Å²) in [6.45, 7) is 0.734. The molecule has 1 atom stereocenters. The summed E-state index contributed by atoms with van der Waals surface area (Å²) in [6, 6.07) is 0. The first-order valence-electron chi connectivity index (χ1n) is 2.98. The molecule has 0 aliphatic carbocycles. The van der Waals surface area contributed by atoms with Crippen molar-refractivity contribution in [2.45, 2.75) is 12.5 Å². The van der Waals surface area contributed by atoms with Crippen molar-refractivity contribution in [2.75, 3.05) is 6.61 Å². The summed E-state index contributed by atoms with van der Waals surface area (Å²) in [7, 11) is 0. The van der Waals surface area contributed by atoms with Crippen LogP contribution in [0.1, 0.15) is 6.92 Å². The number of esters is 1. The molecule has 0 saturated heterocycles. The molecule has 1 rings (SSSR count). The Hall–Kier alpha value is -1.23. The van der Waals surface area contributed by atoms with Gasteiger partial charge < -0.3 is 20.1 Å².